The minimum Gasteiger partial charge on any atom is -0.380 e. The van der Waals surface area contributed by atoms with Crippen LogP contribution in [0.4, 0.5) is 0 Å². The summed E-state index contributed by atoms with van der Waals surface area (Å²) in [5.41, 5.74) is 2.28. The summed E-state index contributed by atoms with van der Waals surface area (Å²) >= 11 is 0. The van der Waals surface area contributed by atoms with Gasteiger partial charge in [0.25, 0.3) is 0 Å². The monoisotopic (exact) mass is 152 g/mol. The molecular weight excluding hydrogens is 140 g/mol. The lowest BCUT2D eigenvalue weighted by Gasteiger charge is -2.23. The highest BCUT2D eigenvalue weighted by Gasteiger charge is 2.23. The largest absolute Gasteiger partial charge is 0.380 e. The molecule has 3 heteroatoms. The standard InChI is InChI=1S/C8H12N2O/c1-5-6(2)10-8(9-5)7-3-11-4-7/h7H,3-4H2,1-2H3,(H,9,10). The molecule has 1 saturated heterocycles. The fourth-order valence-electron chi connectivity index (χ4n) is 1.16. The summed E-state index contributed by atoms with van der Waals surface area (Å²) in [7, 11) is 0. The number of aryl methyl sites for hydroxylation is 2. The molecule has 1 aliphatic rings. The van der Waals surface area contributed by atoms with Crippen LogP contribution >= 0.6 is 0 Å². The summed E-state index contributed by atoms with van der Waals surface area (Å²) < 4.78 is 5.08. The summed E-state index contributed by atoms with van der Waals surface area (Å²) in [4.78, 5) is 7.65. The molecule has 11 heavy (non-hydrogen) atoms. The van der Waals surface area contributed by atoms with E-state index in [1.54, 1.807) is 0 Å². The van der Waals surface area contributed by atoms with Gasteiger partial charge in [0.15, 0.2) is 0 Å². The third kappa shape index (κ3) is 1.05. The Morgan fingerprint density at radius 3 is 2.55 bits per heavy atom. The second kappa shape index (κ2) is 2.34. The van der Waals surface area contributed by atoms with Gasteiger partial charge in [0, 0.05) is 5.69 Å². The number of rotatable bonds is 1. The van der Waals surface area contributed by atoms with E-state index in [0.29, 0.717) is 5.92 Å². The van der Waals surface area contributed by atoms with Crippen LogP contribution in [0.1, 0.15) is 23.1 Å². The van der Waals surface area contributed by atoms with Crippen molar-refractivity contribution in [3.05, 3.63) is 17.2 Å². The minimum absolute atomic E-state index is 0.516. The van der Waals surface area contributed by atoms with Crippen LogP contribution in [0.25, 0.3) is 0 Å². The molecule has 0 radical (unpaired) electrons. The Hall–Kier alpha value is -0.830. The van der Waals surface area contributed by atoms with Crippen molar-refractivity contribution in [2.24, 2.45) is 0 Å². The minimum atomic E-state index is 0.516. The van der Waals surface area contributed by atoms with Crippen LogP contribution in [0.15, 0.2) is 0 Å². The Labute approximate surface area is 65.8 Å². The highest BCUT2D eigenvalue weighted by molar-refractivity contribution is 5.14. The SMILES string of the molecule is Cc1nc(C2COC2)[nH]c1C. The molecular formula is C8H12N2O. The Morgan fingerprint density at radius 2 is 2.18 bits per heavy atom. The van der Waals surface area contributed by atoms with E-state index in [1.807, 2.05) is 13.8 Å². The van der Waals surface area contributed by atoms with E-state index in [9.17, 15) is 0 Å². The first-order valence-corrected chi connectivity index (χ1v) is 3.88. The summed E-state index contributed by atoms with van der Waals surface area (Å²) in [6.07, 6.45) is 0. The smallest absolute Gasteiger partial charge is 0.114 e. The average molecular weight is 152 g/mol. The number of nitrogens with one attached hydrogen (secondary N) is 1. The van der Waals surface area contributed by atoms with Gasteiger partial charge in [0.05, 0.1) is 24.8 Å². The van der Waals surface area contributed by atoms with E-state index in [1.165, 1.54) is 5.69 Å². The maximum atomic E-state index is 5.08. The number of imidazole rings is 1. The van der Waals surface area contributed by atoms with Crippen molar-refractivity contribution in [3.63, 3.8) is 0 Å². The molecule has 0 unspecified atom stereocenters. The summed E-state index contributed by atoms with van der Waals surface area (Å²) in [6, 6.07) is 0. The summed E-state index contributed by atoms with van der Waals surface area (Å²) in [5.74, 6) is 1.61. The van der Waals surface area contributed by atoms with Gasteiger partial charge in [-0.15, -0.1) is 0 Å². The van der Waals surface area contributed by atoms with Crippen LogP contribution in [0.2, 0.25) is 0 Å². The molecule has 3 nitrogen and oxygen atoms in total. The maximum Gasteiger partial charge on any atom is 0.114 e. The van der Waals surface area contributed by atoms with Crippen molar-refractivity contribution in [2.75, 3.05) is 13.2 Å². The van der Waals surface area contributed by atoms with Crippen LogP contribution in [0.3, 0.4) is 0 Å². The molecule has 1 aliphatic heterocycles. The second-order valence-electron chi connectivity index (χ2n) is 3.07. The number of hydrogen-bond acceptors (Lipinski definition) is 2. The first kappa shape index (κ1) is 6.85. The molecule has 1 fully saturated rings. The van der Waals surface area contributed by atoms with Gasteiger partial charge in [-0.05, 0) is 13.8 Å². The summed E-state index contributed by atoms with van der Waals surface area (Å²) in [5, 5.41) is 0. The molecule has 1 aromatic heterocycles. The quantitative estimate of drug-likeness (QED) is 0.655. The fourth-order valence-corrected chi connectivity index (χ4v) is 1.16. The molecule has 1 N–H and O–H groups in total. The fraction of sp³-hybridized carbons (Fsp3) is 0.625. The van der Waals surface area contributed by atoms with Crippen molar-refractivity contribution in [1.29, 1.82) is 0 Å². The highest BCUT2D eigenvalue weighted by atomic mass is 16.5. The molecule has 0 bridgehead atoms. The van der Waals surface area contributed by atoms with Gasteiger partial charge < -0.3 is 9.72 Å². The van der Waals surface area contributed by atoms with Crippen molar-refractivity contribution < 1.29 is 4.74 Å². The van der Waals surface area contributed by atoms with Crippen LogP contribution < -0.4 is 0 Å². The molecule has 2 heterocycles. The first-order valence-electron chi connectivity index (χ1n) is 3.88. The Kier molecular flexibility index (Phi) is 1.46. The second-order valence-corrected chi connectivity index (χ2v) is 3.07. The van der Waals surface area contributed by atoms with Crippen molar-refractivity contribution in [1.82, 2.24) is 9.97 Å². The molecule has 0 atom stereocenters. The van der Waals surface area contributed by atoms with Gasteiger partial charge in [0.2, 0.25) is 0 Å². The lowest BCUT2D eigenvalue weighted by atomic mass is 10.1. The van der Waals surface area contributed by atoms with Crippen molar-refractivity contribution in [2.45, 2.75) is 19.8 Å². The van der Waals surface area contributed by atoms with Gasteiger partial charge in [-0.1, -0.05) is 0 Å². The van der Waals surface area contributed by atoms with Crippen LogP contribution in [-0.2, 0) is 4.74 Å². The third-order valence-electron chi connectivity index (χ3n) is 2.17. The molecule has 60 valence electrons. The van der Waals surface area contributed by atoms with Crippen molar-refractivity contribution >= 4 is 0 Å². The molecule has 0 saturated carbocycles. The average Bonchev–Trinajstić information content (AvgIpc) is 2.08. The zero-order valence-corrected chi connectivity index (χ0v) is 6.85. The van der Waals surface area contributed by atoms with Gasteiger partial charge in [-0.25, -0.2) is 4.98 Å². The Bertz CT molecular complexity index is 244. The molecule has 1 aromatic rings. The highest BCUT2D eigenvalue weighted by Crippen LogP contribution is 2.21. The molecule has 0 aliphatic carbocycles. The maximum absolute atomic E-state index is 5.08. The molecule has 0 spiro atoms. The lowest BCUT2D eigenvalue weighted by molar-refractivity contribution is 0.00514. The van der Waals surface area contributed by atoms with E-state index in [-0.39, 0.29) is 0 Å². The molecule has 0 amide bonds. The zero-order chi connectivity index (χ0) is 7.84. The predicted octanol–water partition coefficient (Wildman–Crippen LogP) is 1.14. The molecule has 2 rings (SSSR count). The molecule has 0 aromatic carbocycles. The van der Waals surface area contributed by atoms with Gasteiger partial charge >= 0.3 is 0 Å². The van der Waals surface area contributed by atoms with Crippen LogP contribution in [0, 0.1) is 13.8 Å². The lowest BCUT2D eigenvalue weighted by Crippen LogP contribution is -2.26. The number of aromatic amines is 1. The van der Waals surface area contributed by atoms with E-state index in [4.69, 9.17) is 4.74 Å². The number of aromatic nitrogens is 2. The van der Waals surface area contributed by atoms with E-state index >= 15 is 0 Å². The van der Waals surface area contributed by atoms with Crippen molar-refractivity contribution in [3.8, 4) is 0 Å². The first-order chi connectivity index (χ1) is 5.27. The van der Waals surface area contributed by atoms with Gasteiger partial charge in [-0.2, -0.15) is 0 Å². The van der Waals surface area contributed by atoms with E-state index < -0.39 is 0 Å². The van der Waals surface area contributed by atoms with Crippen LogP contribution in [0.5, 0.6) is 0 Å². The Balaban J connectivity index is 2.24. The van der Waals surface area contributed by atoms with E-state index in [2.05, 4.69) is 9.97 Å². The third-order valence-corrected chi connectivity index (χ3v) is 2.17. The summed E-state index contributed by atoms with van der Waals surface area (Å²) in [6.45, 7) is 5.72. The van der Waals surface area contributed by atoms with Crippen LogP contribution in [-0.4, -0.2) is 23.2 Å². The topological polar surface area (TPSA) is 37.9 Å². The number of hydrogen-bond donors (Lipinski definition) is 1. The Morgan fingerprint density at radius 1 is 1.45 bits per heavy atom. The number of ether oxygens (including phenoxy) is 1. The van der Waals surface area contributed by atoms with Gasteiger partial charge in [0.1, 0.15) is 5.82 Å². The number of H-pyrrole nitrogens is 1. The zero-order valence-electron chi connectivity index (χ0n) is 6.85. The number of nitrogens with zero attached hydrogens (tertiary/aromatic N) is 1. The predicted molar refractivity (Wildman–Crippen MR) is 41.6 cm³/mol. The van der Waals surface area contributed by atoms with Gasteiger partial charge in [-0.3, -0.25) is 0 Å². The normalized spacial score (nSPS) is 18.4. The van der Waals surface area contributed by atoms with E-state index in [0.717, 1.165) is 24.7 Å².